The molecule has 0 aliphatic carbocycles. The fraction of sp³-hybridized carbons (Fsp3) is 1.00. The summed E-state index contributed by atoms with van der Waals surface area (Å²) in [6.45, 7) is 3.00. The van der Waals surface area contributed by atoms with Crippen LogP contribution in [0, 0.1) is 0 Å². The highest BCUT2D eigenvalue weighted by Gasteiger charge is 2.03. The van der Waals surface area contributed by atoms with Gasteiger partial charge in [-0.15, -0.1) is 0 Å². The number of ether oxygens (including phenoxy) is 1. The van der Waals surface area contributed by atoms with Crippen LogP contribution in [-0.2, 0) is 4.74 Å². The van der Waals surface area contributed by atoms with Crippen LogP contribution in [0.3, 0.4) is 0 Å². The molecule has 0 heterocycles. The molecule has 1 atom stereocenters. The van der Waals surface area contributed by atoms with Crippen LogP contribution in [0.2, 0.25) is 0 Å². The number of hydrogen-bond acceptors (Lipinski definition) is 3. The van der Waals surface area contributed by atoms with Crippen molar-refractivity contribution in [1.82, 2.24) is 0 Å². The van der Waals surface area contributed by atoms with Crippen molar-refractivity contribution in [1.29, 1.82) is 0 Å². The Labute approximate surface area is 157 Å². The lowest BCUT2D eigenvalue weighted by Gasteiger charge is -2.10. The van der Waals surface area contributed by atoms with E-state index in [-0.39, 0.29) is 12.7 Å². The normalized spacial score (nSPS) is 12.6. The van der Waals surface area contributed by atoms with Gasteiger partial charge in [0.1, 0.15) is 0 Å². The highest BCUT2D eigenvalue weighted by Crippen LogP contribution is 2.14. The van der Waals surface area contributed by atoms with E-state index in [0.29, 0.717) is 13.2 Å². The van der Waals surface area contributed by atoms with Crippen LogP contribution in [0.5, 0.6) is 0 Å². The largest absolute Gasteiger partial charge is 0.394 e. The number of aliphatic hydroxyl groups excluding tert-OH is 2. The minimum absolute atomic E-state index is 0.0335. The van der Waals surface area contributed by atoms with Crippen molar-refractivity contribution in [2.24, 2.45) is 0 Å². The fourth-order valence-corrected chi connectivity index (χ4v) is 3.30. The molecule has 3 heteroatoms. The van der Waals surface area contributed by atoms with Crippen molar-refractivity contribution in [3.63, 3.8) is 0 Å². The minimum atomic E-state index is -0.363. The molecule has 0 amide bonds. The second-order valence-corrected chi connectivity index (χ2v) is 7.54. The van der Waals surface area contributed by atoms with Gasteiger partial charge in [-0.1, -0.05) is 110 Å². The molecular weight excluding hydrogens is 312 g/mol. The van der Waals surface area contributed by atoms with Gasteiger partial charge in [-0.3, -0.25) is 0 Å². The zero-order valence-corrected chi connectivity index (χ0v) is 17.0. The summed E-state index contributed by atoms with van der Waals surface area (Å²) in [5.41, 5.74) is 0. The molecule has 3 nitrogen and oxygen atoms in total. The average molecular weight is 359 g/mol. The monoisotopic (exact) mass is 358 g/mol. The Bertz CT molecular complexity index is 233. The summed E-state index contributed by atoms with van der Waals surface area (Å²) in [7, 11) is 0. The Hall–Kier alpha value is -0.120. The number of aliphatic hydroxyl groups is 2. The van der Waals surface area contributed by atoms with E-state index in [4.69, 9.17) is 9.84 Å². The number of unbranched alkanes of at least 4 members (excludes halogenated alkanes) is 15. The molecule has 0 aromatic rings. The lowest BCUT2D eigenvalue weighted by atomic mass is 10.0. The van der Waals surface area contributed by atoms with Crippen LogP contribution in [0.15, 0.2) is 0 Å². The Morgan fingerprint density at radius 1 is 0.640 bits per heavy atom. The molecule has 2 N–H and O–H groups in total. The molecule has 0 rings (SSSR count). The van der Waals surface area contributed by atoms with E-state index in [1.54, 1.807) is 0 Å². The molecule has 0 radical (unpaired) electrons. The van der Waals surface area contributed by atoms with Crippen LogP contribution in [0.25, 0.3) is 0 Å². The molecule has 0 fully saturated rings. The van der Waals surface area contributed by atoms with Crippen molar-refractivity contribution >= 4 is 0 Å². The lowest BCUT2D eigenvalue weighted by Crippen LogP contribution is -2.16. The smallest absolute Gasteiger partial charge is 0.0773 e. The summed E-state index contributed by atoms with van der Waals surface area (Å²) in [5, 5.41) is 18.3. The summed E-state index contributed by atoms with van der Waals surface area (Å²) >= 11 is 0. The van der Waals surface area contributed by atoms with E-state index in [2.05, 4.69) is 6.92 Å². The maximum Gasteiger partial charge on any atom is 0.0773 e. The van der Waals surface area contributed by atoms with Crippen molar-refractivity contribution < 1.29 is 14.9 Å². The topological polar surface area (TPSA) is 49.7 Å². The van der Waals surface area contributed by atoms with Crippen LogP contribution in [0.1, 0.15) is 116 Å². The van der Waals surface area contributed by atoms with Gasteiger partial charge in [-0.2, -0.15) is 0 Å². The molecule has 0 bridgehead atoms. The summed E-state index contributed by atoms with van der Waals surface area (Å²) in [6.07, 6.45) is 22.4. The van der Waals surface area contributed by atoms with E-state index in [0.717, 1.165) is 12.8 Å². The molecule has 152 valence electrons. The standard InChI is InChI=1S/C22H46O3/c1-2-3-4-5-6-7-8-9-10-11-12-13-14-15-16-17-18-22(24)21-25-20-19-23/h22-24H,2-21H2,1H3. The fourth-order valence-electron chi connectivity index (χ4n) is 3.30. The van der Waals surface area contributed by atoms with Gasteiger partial charge in [-0.25, -0.2) is 0 Å². The zero-order valence-electron chi connectivity index (χ0n) is 17.0. The maximum absolute atomic E-state index is 9.68. The molecular formula is C22H46O3. The first-order valence-corrected chi connectivity index (χ1v) is 11.2. The minimum Gasteiger partial charge on any atom is -0.394 e. The highest BCUT2D eigenvalue weighted by atomic mass is 16.5. The van der Waals surface area contributed by atoms with Crippen LogP contribution in [0.4, 0.5) is 0 Å². The van der Waals surface area contributed by atoms with Crippen molar-refractivity contribution in [3.05, 3.63) is 0 Å². The quantitative estimate of drug-likeness (QED) is 0.247. The summed E-state index contributed by atoms with van der Waals surface area (Å²) < 4.78 is 5.12. The lowest BCUT2D eigenvalue weighted by molar-refractivity contribution is 0.0170. The van der Waals surface area contributed by atoms with Crippen molar-refractivity contribution in [3.8, 4) is 0 Å². The van der Waals surface area contributed by atoms with Gasteiger partial charge in [-0.05, 0) is 6.42 Å². The zero-order chi connectivity index (χ0) is 18.4. The third-order valence-corrected chi connectivity index (χ3v) is 4.94. The van der Waals surface area contributed by atoms with Gasteiger partial charge in [0.15, 0.2) is 0 Å². The number of rotatable bonds is 21. The number of hydrogen-bond donors (Lipinski definition) is 2. The Balaban J connectivity index is 3.05. The Morgan fingerprint density at radius 2 is 1.04 bits per heavy atom. The van der Waals surface area contributed by atoms with Gasteiger partial charge in [0.05, 0.1) is 25.9 Å². The van der Waals surface area contributed by atoms with Crippen LogP contribution < -0.4 is 0 Å². The molecule has 0 aromatic heterocycles. The van der Waals surface area contributed by atoms with Crippen LogP contribution in [-0.4, -0.2) is 36.1 Å². The van der Waals surface area contributed by atoms with Gasteiger partial charge in [0.2, 0.25) is 0 Å². The molecule has 0 spiro atoms. The third kappa shape index (κ3) is 21.8. The highest BCUT2D eigenvalue weighted by molar-refractivity contribution is 4.55. The van der Waals surface area contributed by atoms with Crippen molar-refractivity contribution in [2.45, 2.75) is 122 Å². The van der Waals surface area contributed by atoms with Gasteiger partial charge >= 0.3 is 0 Å². The molecule has 0 aromatic carbocycles. The summed E-state index contributed by atoms with van der Waals surface area (Å²) in [4.78, 5) is 0. The second-order valence-electron chi connectivity index (χ2n) is 7.54. The van der Waals surface area contributed by atoms with E-state index in [1.165, 1.54) is 96.3 Å². The molecule has 0 saturated carbocycles. The van der Waals surface area contributed by atoms with E-state index in [1.807, 2.05) is 0 Å². The molecule has 25 heavy (non-hydrogen) atoms. The third-order valence-electron chi connectivity index (χ3n) is 4.94. The maximum atomic E-state index is 9.68. The van der Waals surface area contributed by atoms with E-state index < -0.39 is 0 Å². The predicted molar refractivity (Wildman–Crippen MR) is 108 cm³/mol. The van der Waals surface area contributed by atoms with Gasteiger partial charge in [0.25, 0.3) is 0 Å². The van der Waals surface area contributed by atoms with E-state index >= 15 is 0 Å². The first kappa shape index (κ1) is 24.9. The Morgan fingerprint density at radius 3 is 1.44 bits per heavy atom. The first-order valence-electron chi connectivity index (χ1n) is 11.2. The molecule has 0 aliphatic rings. The summed E-state index contributed by atoms with van der Waals surface area (Å²) in [6, 6.07) is 0. The van der Waals surface area contributed by atoms with Crippen molar-refractivity contribution in [2.75, 3.05) is 19.8 Å². The van der Waals surface area contributed by atoms with E-state index in [9.17, 15) is 5.11 Å². The van der Waals surface area contributed by atoms with Gasteiger partial charge in [0, 0.05) is 0 Å². The molecule has 0 aliphatic heterocycles. The molecule has 1 unspecified atom stereocenters. The predicted octanol–water partition coefficient (Wildman–Crippen LogP) is 6.01. The first-order chi connectivity index (χ1) is 12.3. The second kappa shape index (κ2) is 21.9. The van der Waals surface area contributed by atoms with Gasteiger partial charge < -0.3 is 14.9 Å². The SMILES string of the molecule is CCCCCCCCCCCCCCCCCCC(O)COCCO. The Kier molecular flexibility index (Phi) is 21.8. The van der Waals surface area contributed by atoms with Crippen LogP contribution >= 0.6 is 0 Å². The summed E-state index contributed by atoms with van der Waals surface area (Å²) in [5.74, 6) is 0. The molecule has 0 saturated heterocycles. The average Bonchev–Trinajstić information content (AvgIpc) is 2.61.